The second-order valence-electron chi connectivity index (χ2n) is 6.91. The van der Waals surface area contributed by atoms with E-state index in [0.717, 1.165) is 0 Å². The number of halogens is 1. The van der Waals surface area contributed by atoms with Crippen molar-refractivity contribution in [1.82, 2.24) is 4.31 Å². The van der Waals surface area contributed by atoms with E-state index in [4.69, 9.17) is 16.3 Å². The number of hydrogen-bond acceptors (Lipinski definition) is 5. The third-order valence-electron chi connectivity index (χ3n) is 4.89. The summed E-state index contributed by atoms with van der Waals surface area (Å²) in [6.45, 7) is 2.34. The van der Waals surface area contributed by atoms with Crippen molar-refractivity contribution >= 4 is 39.2 Å². The fourth-order valence-electron chi connectivity index (χ4n) is 3.34. The minimum Gasteiger partial charge on any atom is -0.462 e. The highest BCUT2D eigenvalue weighted by Crippen LogP contribution is 2.26. The lowest BCUT2D eigenvalue weighted by molar-refractivity contribution is -0.120. The molecule has 1 N–H and O–H groups in total. The summed E-state index contributed by atoms with van der Waals surface area (Å²) in [5, 5.41) is 3.21. The Kier molecular flexibility index (Phi) is 7.12. The summed E-state index contributed by atoms with van der Waals surface area (Å²) >= 11 is 5.85. The van der Waals surface area contributed by atoms with Gasteiger partial charge >= 0.3 is 5.97 Å². The number of carbonyl (C=O) groups is 2. The number of sulfonamides is 1. The molecule has 9 heteroatoms. The number of nitrogens with one attached hydrogen (secondary N) is 1. The quantitative estimate of drug-likeness (QED) is 0.679. The van der Waals surface area contributed by atoms with E-state index in [1.54, 1.807) is 31.2 Å². The van der Waals surface area contributed by atoms with Crippen molar-refractivity contribution in [3.05, 3.63) is 59.1 Å². The number of hydrogen-bond donors (Lipinski definition) is 1. The van der Waals surface area contributed by atoms with Gasteiger partial charge in [-0.3, -0.25) is 4.79 Å². The van der Waals surface area contributed by atoms with Gasteiger partial charge in [-0.05, 0) is 56.2 Å². The standard InChI is InChI=1S/C21H23ClN2O5S/c1-2-29-21(26)18-7-3-4-8-19(18)23-20(25)15-6-5-13-24(14-15)30(27,28)17-11-9-16(22)10-12-17/h3-4,7-12,15H,2,5-6,13-14H2,1H3,(H,23,25). The van der Waals surface area contributed by atoms with E-state index in [1.807, 2.05) is 0 Å². The van der Waals surface area contributed by atoms with Crippen molar-refractivity contribution in [2.75, 3.05) is 25.0 Å². The predicted octanol–water partition coefficient (Wildman–Crippen LogP) is 3.56. The molecule has 1 unspecified atom stereocenters. The van der Waals surface area contributed by atoms with Gasteiger partial charge in [0.05, 0.1) is 28.7 Å². The second kappa shape index (κ2) is 9.59. The fourth-order valence-corrected chi connectivity index (χ4v) is 4.99. The van der Waals surface area contributed by atoms with Crippen LogP contribution in [-0.4, -0.2) is 44.3 Å². The van der Waals surface area contributed by atoms with Crippen molar-refractivity contribution in [3.63, 3.8) is 0 Å². The van der Waals surface area contributed by atoms with Gasteiger partial charge in [0.2, 0.25) is 15.9 Å². The highest BCUT2D eigenvalue weighted by atomic mass is 35.5. The summed E-state index contributed by atoms with van der Waals surface area (Å²) in [5.74, 6) is -1.39. The monoisotopic (exact) mass is 450 g/mol. The molecule has 1 atom stereocenters. The number of benzene rings is 2. The molecule has 0 bridgehead atoms. The molecule has 1 aliphatic rings. The van der Waals surface area contributed by atoms with Crippen molar-refractivity contribution < 1.29 is 22.7 Å². The Morgan fingerprint density at radius 3 is 2.57 bits per heavy atom. The van der Waals surface area contributed by atoms with E-state index in [2.05, 4.69) is 5.32 Å². The van der Waals surface area contributed by atoms with Gasteiger partial charge in [0, 0.05) is 18.1 Å². The number of carbonyl (C=O) groups excluding carboxylic acids is 2. The Hall–Kier alpha value is -2.42. The Labute approximate surface area is 181 Å². The highest BCUT2D eigenvalue weighted by molar-refractivity contribution is 7.89. The molecule has 1 amide bonds. The zero-order valence-corrected chi connectivity index (χ0v) is 18.1. The first-order chi connectivity index (χ1) is 14.3. The number of para-hydroxylation sites is 1. The van der Waals surface area contributed by atoms with Gasteiger partial charge in [0.25, 0.3) is 0 Å². The lowest BCUT2D eigenvalue weighted by Gasteiger charge is -2.31. The highest BCUT2D eigenvalue weighted by Gasteiger charge is 2.33. The van der Waals surface area contributed by atoms with E-state index in [9.17, 15) is 18.0 Å². The molecule has 1 saturated heterocycles. The van der Waals surface area contributed by atoms with E-state index < -0.39 is 21.9 Å². The number of anilines is 1. The van der Waals surface area contributed by atoms with Crippen molar-refractivity contribution in [2.24, 2.45) is 5.92 Å². The van der Waals surface area contributed by atoms with E-state index in [0.29, 0.717) is 30.1 Å². The molecule has 0 aromatic heterocycles. The number of ether oxygens (including phenoxy) is 1. The van der Waals surface area contributed by atoms with Crippen LogP contribution in [0.1, 0.15) is 30.1 Å². The van der Waals surface area contributed by atoms with Crippen LogP contribution in [-0.2, 0) is 19.6 Å². The Morgan fingerprint density at radius 2 is 1.87 bits per heavy atom. The van der Waals surface area contributed by atoms with Crippen LogP contribution in [0.5, 0.6) is 0 Å². The average molecular weight is 451 g/mol. The van der Waals surface area contributed by atoms with Gasteiger partial charge in [0.1, 0.15) is 0 Å². The third-order valence-corrected chi connectivity index (χ3v) is 7.02. The SMILES string of the molecule is CCOC(=O)c1ccccc1NC(=O)C1CCCN(S(=O)(=O)c2ccc(Cl)cc2)C1. The molecular weight excluding hydrogens is 428 g/mol. The van der Waals surface area contributed by atoms with Crippen LogP contribution in [0.25, 0.3) is 0 Å². The molecule has 1 heterocycles. The van der Waals surface area contributed by atoms with Crippen molar-refractivity contribution in [1.29, 1.82) is 0 Å². The van der Waals surface area contributed by atoms with Crippen LogP contribution >= 0.6 is 11.6 Å². The van der Waals surface area contributed by atoms with Gasteiger partial charge in [-0.15, -0.1) is 0 Å². The first-order valence-corrected chi connectivity index (χ1v) is 11.5. The largest absolute Gasteiger partial charge is 0.462 e. The number of esters is 1. The van der Waals surface area contributed by atoms with Crippen LogP contribution in [0.2, 0.25) is 5.02 Å². The number of rotatable bonds is 6. The molecule has 160 valence electrons. The zero-order chi connectivity index (χ0) is 21.7. The molecule has 0 aliphatic carbocycles. The Bertz CT molecular complexity index is 1020. The molecule has 0 spiro atoms. The summed E-state index contributed by atoms with van der Waals surface area (Å²) in [4.78, 5) is 25.1. The molecule has 0 saturated carbocycles. The van der Waals surface area contributed by atoms with Gasteiger partial charge < -0.3 is 10.1 Å². The van der Waals surface area contributed by atoms with E-state index in [-0.39, 0.29) is 29.5 Å². The van der Waals surface area contributed by atoms with Crippen molar-refractivity contribution in [2.45, 2.75) is 24.7 Å². The van der Waals surface area contributed by atoms with Crippen molar-refractivity contribution in [3.8, 4) is 0 Å². The summed E-state index contributed by atoms with van der Waals surface area (Å²) in [6.07, 6.45) is 1.12. The topological polar surface area (TPSA) is 92.8 Å². The summed E-state index contributed by atoms with van der Waals surface area (Å²) in [5.41, 5.74) is 0.604. The summed E-state index contributed by atoms with van der Waals surface area (Å²) in [7, 11) is -3.73. The predicted molar refractivity (Wildman–Crippen MR) is 114 cm³/mol. The lowest BCUT2D eigenvalue weighted by Crippen LogP contribution is -2.43. The average Bonchev–Trinajstić information content (AvgIpc) is 2.74. The lowest BCUT2D eigenvalue weighted by atomic mass is 9.98. The smallest absolute Gasteiger partial charge is 0.340 e. The minimum atomic E-state index is -3.73. The van der Waals surface area contributed by atoms with E-state index >= 15 is 0 Å². The molecule has 1 fully saturated rings. The first-order valence-electron chi connectivity index (χ1n) is 9.65. The number of piperidine rings is 1. The van der Waals surface area contributed by atoms with E-state index in [1.165, 1.54) is 28.6 Å². The van der Waals surface area contributed by atoms with Gasteiger partial charge in [-0.25, -0.2) is 13.2 Å². The molecule has 30 heavy (non-hydrogen) atoms. The maximum absolute atomic E-state index is 12.9. The van der Waals surface area contributed by atoms with Crippen LogP contribution in [0.15, 0.2) is 53.4 Å². The normalized spacial score (nSPS) is 17.3. The fraction of sp³-hybridized carbons (Fsp3) is 0.333. The van der Waals surface area contributed by atoms with Crippen LogP contribution in [0, 0.1) is 5.92 Å². The zero-order valence-electron chi connectivity index (χ0n) is 16.5. The third kappa shape index (κ3) is 5.00. The maximum atomic E-state index is 12.9. The molecule has 2 aromatic carbocycles. The number of amides is 1. The molecular formula is C21H23ClN2O5S. The van der Waals surface area contributed by atoms with Gasteiger partial charge in [0.15, 0.2) is 0 Å². The number of nitrogens with zero attached hydrogens (tertiary/aromatic N) is 1. The Morgan fingerprint density at radius 1 is 1.17 bits per heavy atom. The van der Waals surface area contributed by atoms with Gasteiger partial charge in [-0.1, -0.05) is 23.7 Å². The van der Waals surface area contributed by atoms with Gasteiger partial charge in [-0.2, -0.15) is 4.31 Å². The first kappa shape index (κ1) is 22.3. The molecule has 0 radical (unpaired) electrons. The maximum Gasteiger partial charge on any atom is 0.340 e. The summed E-state index contributed by atoms with van der Waals surface area (Å²) < 4.78 is 32.2. The molecule has 1 aliphatic heterocycles. The second-order valence-corrected chi connectivity index (χ2v) is 9.29. The molecule has 3 rings (SSSR count). The van der Waals surface area contributed by atoms with Crippen LogP contribution < -0.4 is 5.32 Å². The Balaban J connectivity index is 1.74. The van der Waals surface area contributed by atoms with Crippen LogP contribution in [0.3, 0.4) is 0 Å². The molecule has 2 aromatic rings. The van der Waals surface area contributed by atoms with Crippen LogP contribution in [0.4, 0.5) is 5.69 Å². The summed E-state index contributed by atoms with van der Waals surface area (Å²) in [6, 6.07) is 12.5. The minimum absolute atomic E-state index is 0.0678. The molecule has 7 nitrogen and oxygen atoms in total.